The summed E-state index contributed by atoms with van der Waals surface area (Å²) >= 11 is 7.59. The number of methoxy groups -OCH3 is 2. The minimum atomic E-state index is -0.783. The smallest absolute Gasteiger partial charge is 0.246 e. The van der Waals surface area contributed by atoms with Crippen LogP contribution in [0.3, 0.4) is 0 Å². The number of ether oxygens (including phenoxy) is 2. The van der Waals surface area contributed by atoms with Gasteiger partial charge in [-0.2, -0.15) is 11.8 Å². The third-order valence-electron chi connectivity index (χ3n) is 11.3. The lowest BCUT2D eigenvalue weighted by atomic mass is 9.89. The molecule has 0 saturated carbocycles. The Morgan fingerprint density at radius 1 is 0.912 bits per heavy atom. The number of amides is 5. The van der Waals surface area contributed by atoms with Crippen molar-refractivity contribution in [3.8, 4) is 0 Å². The molecule has 13 nitrogen and oxygen atoms in total. The molecule has 0 aromatic heterocycles. The van der Waals surface area contributed by atoms with Gasteiger partial charge in [-0.05, 0) is 87.4 Å². The second-order valence-corrected chi connectivity index (χ2v) is 17.7. The number of carbonyl (C=O) groups is 5. The van der Waals surface area contributed by atoms with Crippen LogP contribution in [0.2, 0.25) is 5.02 Å². The quantitative estimate of drug-likeness (QED) is 0.136. The molecular weight excluding hydrogens is 768 g/mol. The van der Waals surface area contributed by atoms with Gasteiger partial charge in [0.25, 0.3) is 0 Å². The number of likely N-dealkylation sites (tertiary alicyclic amines) is 1. The lowest BCUT2D eigenvalue weighted by Crippen LogP contribution is -2.59. The number of hydrogen-bond donors (Lipinski definition) is 3. The summed E-state index contributed by atoms with van der Waals surface area (Å²) < 4.78 is 12.0. The Balaban J connectivity index is 2.28. The Morgan fingerprint density at radius 2 is 1.54 bits per heavy atom. The van der Waals surface area contributed by atoms with E-state index in [-0.39, 0.29) is 59.8 Å². The highest BCUT2D eigenvalue weighted by molar-refractivity contribution is 7.98. The normalized spacial score (nSPS) is 18.7. The Hall–Kier alpha value is -2.91. The van der Waals surface area contributed by atoms with E-state index in [1.807, 2.05) is 66.8 Å². The monoisotopic (exact) mass is 838 g/mol. The average molecular weight is 840 g/mol. The maximum absolute atomic E-state index is 14.3. The van der Waals surface area contributed by atoms with Crippen LogP contribution in [0, 0.1) is 23.7 Å². The second-order valence-electron chi connectivity index (χ2n) is 16.3. The Kier molecular flexibility index (Phi) is 21.4. The predicted molar refractivity (Wildman–Crippen MR) is 230 cm³/mol. The fraction of sp³-hybridized carbons (Fsp3) is 0.738. The van der Waals surface area contributed by atoms with Gasteiger partial charge in [-0.25, -0.2) is 0 Å². The molecule has 1 aliphatic rings. The van der Waals surface area contributed by atoms with Crippen LogP contribution in [-0.4, -0.2) is 141 Å². The van der Waals surface area contributed by atoms with Crippen LogP contribution in [0.4, 0.5) is 5.69 Å². The molecule has 0 radical (unpaired) electrons. The Bertz CT molecular complexity index is 1440. The van der Waals surface area contributed by atoms with Crippen molar-refractivity contribution in [3.05, 3.63) is 29.3 Å². The lowest BCUT2D eigenvalue weighted by Gasteiger charge is -2.41. The molecule has 0 bridgehead atoms. The van der Waals surface area contributed by atoms with E-state index in [9.17, 15) is 24.0 Å². The Labute approximate surface area is 351 Å². The number of nitrogens with zero attached hydrogens (tertiary/aromatic N) is 3. The molecule has 1 saturated heterocycles. The van der Waals surface area contributed by atoms with Gasteiger partial charge in [-0.15, -0.1) is 0 Å². The van der Waals surface area contributed by atoms with E-state index in [0.717, 1.165) is 12.8 Å². The van der Waals surface area contributed by atoms with Gasteiger partial charge in [-0.3, -0.25) is 28.9 Å². The molecule has 324 valence electrons. The molecule has 57 heavy (non-hydrogen) atoms. The van der Waals surface area contributed by atoms with Crippen LogP contribution in [0.25, 0.3) is 0 Å². The number of hydrogen-bond acceptors (Lipinski definition) is 9. The number of benzene rings is 1. The molecule has 3 N–H and O–H groups in total. The van der Waals surface area contributed by atoms with E-state index in [0.29, 0.717) is 35.8 Å². The lowest BCUT2D eigenvalue weighted by molar-refractivity contribution is -0.148. The van der Waals surface area contributed by atoms with E-state index in [4.69, 9.17) is 21.1 Å². The standard InChI is InChI=1S/C42H71ClN6O7S/c1-14-27(6)37(48(10)42(54)35(25(2)3)46-41(53)36(26(4)5)47(8)9)33(55-11)24-34(50)49-22-15-16-32(49)38(56-12)28(7)39(51)45-31(21-23-57-13)40(52)44-30-19-17-29(43)18-20-30/h17-20,25-28,31-33,35-38H,14-16,21-24H2,1-13H3,(H,44,52)(H,45,51)(H,46,53)/t27-,28+,31-,32-,33+,35+,36-,37-,38+/m0/s1. The third-order valence-corrected chi connectivity index (χ3v) is 12.2. The van der Waals surface area contributed by atoms with Gasteiger partial charge in [0.1, 0.15) is 12.1 Å². The predicted octanol–water partition coefficient (Wildman–Crippen LogP) is 5.16. The first kappa shape index (κ1) is 50.2. The summed E-state index contributed by atoms with van der Waals surface area (Å²) in [5.41, 5.74) is 0.572. The summed E-state index contributed by atoms with van der Waals surface area (Å²) in [6.45, 7) is 14.1. The van der Waals surface area contributed by atoms with Crippen LogP contribution in [0.15, 0.2) is 24.3 Å². The van der Waals surface area contributed by atoms with Gasteiger partial charge in [0.05, 0.1) is 42.7 Å². The zero-order valence-electron chi connectivity index (χ0n) is 36.6. The van der Waals surface area contributed by atoms with Crippen molar-refractivity contribution < 1.29 is 33.4 Å². The van der Waals surface area contributed by atoms with Crippen LogP contribution in [0.5, 0.6) is 0 Å². The molecule has 5 amide bonds. The maximum Gasteiger partial charge on any atom is 0.246 e. The van der Waals surface area contributed by atoms with E-state index < -0.39 is 42.3 Å². The van der Waals surface area contributed by atoms with E-state index >= 15 is 0 Å². The van der Waals surface area contributed by atoms with E-state index in [2.05, 4.69) is 16.0 Å². The van der Waals surface area contributed by atoms with Crippen LogP contribution in [0.1, 0.15) is 80.6 Å². The summed E-state index contributed by atoms with van der Waals surface area (Å²) in [5, 5.41) is 9.41. The van der Waals surface area contributed by atoms with Crippen molar-refractivity contribution in [1.82, 2.24) is 25.3 Å². The summed E-state index contributed by atoms with van der Waals surface area (Å²) in [4.78, 5) is 74.4. The molecule has 1 heterocycles. The SMILES string of the molecule is CC[C@H](C)[C@@H]([C@@H](CC(=O)N1CCC[C@H]1[C@H](OC)[C@@H](C)C(=O)N[C@@H](CCSC)C(=O)Nc1ccc(Cl)cc1)OC)N(C)C(=O)[C@H](NC(=O)[C@H](C(C)C)N(C)C)C(C)C. The maximum atomic E-state index is 14.3. The molecule has 1 fully saturated rings. The third kappa shape index (κ3) is 14.1. The number of halogens is 1. The number of anilines is 1. The molecule has 15 heteroatoms. The fourth-order valence-corrected chi connectivity index (χ4v) is 8.58. The second kappa shape index (κ2) is 24.2. The van der Waals surface area contributed by atoms with Gasteiger partial charge in [0, 0.05) is 38.5 Å². The zero-order valence-corrected chi connectivity index (χ0v) is 38.2. The number of nitrogens with one attached hydrogen (secondary N) is 3. The highest BCUT2D eigenvalue weighted by Crippen LogP contribution is 2.30. The molecule has 2 rings (SSSR count). The molecule has 1 aromatic carbocycles. The Morgan fingerprint density at radius 3 is 2.05 bits per heavy atom. The van der Waals surface area contributed by atoms with Gasteiger partial charge in [0.2, 0.25) is 29.5 Å². The average Bonchev–Trinajstić information content (AvgIpc) is 3.65. The van der Waals surface area contributed by atoms with Crippen molar-refractivity contribution in [2.75, 3.05) is 59.2 Å². The number of carbonyl (C=O) groups excluding carboxylic acids is 5. The van der Waals surface area contributed by atoms with Gasteiger partial charge in [0.15, 0.2) is 0 Å². The van der Waals surface area contributed by atoms with Gasteiger partial charge in [-0.1, -0.05) is 66.5 Å². The molecule has 9 atom stereocenters. The van der Waals surface area contributed by atoms with Crippen LogP contribution < -0.4 is 16.0 Å². The van der Waals surface area contributed by atoms with Crippen molar-refractivity contribution in [2.45, 2.75) is 123 Å². The molecule has 0 aliphatic carbocycles. The summed E-state index contributed by atoms with van der Waals surface area (Å²) in [7, 11) is 8.53. The number of thioether (sulfide) groups is 1. The first-order chi connectivity index (χ1) is 26.8. The largest absolute Gasteiger partial charge is 0.379 e. The van der Waals surface area contributed by atoms with Gasteiger partial charge >= 0.3 is 0 Å². The van der Waals surface area contributed by atoms with Gasteiger partial charge < -0.3 is 35.2 Å². The molecule has 1 aliphatic heterocycles. The minimum absolute atomic E-state index is 0.00697. The fourth-order valence-electron chi connectivity index (χ4n) is 7.98. The van der Waals surface area contributed by atoms with Crippen LogP contribution in [-0.2, 0) is 33.4 Å². The summed E-state index contributed by atoms with van der Waals surface area (Å²) in [6, 6.07) is 3.96. The van der Waals surface area contributed by atoms with Crippen molar-refractivity contribution >= 4 is 58.6 Å². The summed E-state index contributed by atoms with van der Waals surface area (Å²) in [6.07, 6.45) is 3.19. The minimum Gasteiger partial charge on any atom is -0.379 e. The molecule has 0 spiro atoms. The van der Waals surface area contributed by atoms with E-state index in [1.54, 1.807) is 66.9 Å². The van der Waals surface area contributed by atoms with Crippen molar-refractivity contribution in [3.63, 3.8) is 0 Å². The first-order valence-corrected chi connectivity index (χ1v) is 22.1. The molecule has 0 unspecified atom stereocenters. The highest BCUT2D eigenvalue weighted by Gasteiger charge is 2.43. The first-order valence-electron chi connectivity index (χ1n) is 20.3. The molecule has 1 aromatic rings. The topological polar surface area (TPSA) is 150 Å². The number of rotatable bonds is 23. The van der Waals surface area contributed by atoms with Crippen molar-refractivity contribution in [2.24, 2.45) is 23.7 Å². The number of likely N-dealkylation sites (N-methyl/N-ethyl adjacent to an activating group) is 2. The summed E-state index contributed by atoms with van der Waals surface area (Å²) in [5.74, 6) is -1.50. The van der Waals surface area contributed by atoms with Crippen molar-refractivity contribution in [1.29, 1.82) is 0 Å². The highest BCUT2D eigenvalue weighted by atomic mass is 35.5. The van der Waals surface area contributed by atoms with Crippen LogP contribution >= 0.6 is 23.4 Å². The zero-order chi connectivity index (χ0) is 43.1. The van der Waals surface area contributed by atoms with E-state index in [1.165, 1.54) is 7.11 Å². The molecular formula is C42H71ClN6O7S.